The summed E-state index contributed by atoms with van der Waals surface area (Å²) in [7, 11) is -2.65. The lowest BCUT2D eigenvalue weighted by molar-refractivity contribution is -0.132. The number of hydrogen-bond donors (Lipinski definition) is 0. The Balaban J connectivity index is 1.57. The number of nitrogens with zero attached hydrogens (tertiary/aromatic N) is 2. The fourth-order valence-electron chi connectivity index (χ4n) is 4.61. The minimum Gasteiger partial charge on any atom is -0.496 e. The third kappa shape index (κ3) is 6.34. The Kier molecular flexibility index (Phi) is 8.90. The molecule has 1 aliphatic rings. The highest BCUT2D eigenvalue weighted by Gasteiger charge is 2.33. The van der Waals surface area contributed by atoms with Crippen molar-refractivity contribution >= 4 is 43.5 Å². The Labute approximate surface area is 230 Å². The molecule has 1 unspecified atom stereocenters. The second-order valence-electron chi connectivity index (χ2n) is 8.78. The highest BCUT2D eigenvalue weighted by Crippen LogP contribution is 2.38. The molecule has 0 aliphatic carbocycles. The molecular weight excluding hydrogens is 583 g/mol. The molecule has 10 heteroatoms. The van der Waals surface area contributed by atoms with E-state index in [0.29, 0.717) is 12.3 Å². The van der Waals surface area contributed by atoms with Gasteiger partial charge in [0.25, 0.3) is 0 Å². The molecule has 1 heterocycles. The molecular formula is C27H27BrClFN2O4S. The molecule has 0 bridgehead atoms. The lowest BCUT2D eigenvalue weighted by atomic mass is 10.0. The molecule has 0 aromatic heterocycles. The third-order valence-electron chi connectivity index (χ3n) is 6.42. The molecule has 3 aromatic carbocycles. The monoisotopic (exact) mass is 608 g/mol. The molecule has 6 nitrogen and oxygen atoms in total. The summed E-state index contributed by atoms with van der Waals surface area (Å²) in [5, 5.41) is 0.102. The summed E-state index contributed by atoms with van der Waals surface area (Å²) in [5.41, 5.74) is 1.64. The van der Waals surface area contributed by atoms with Crippen molar-refractivity contribution in [3.63, 3.8) is 0 Å². The fraction of sp³-hybridized carbons (Fsp3) is 0.296. The molecule has 196 valence electrons. The van der Waals surface area contributed by atoms with Crippen molar-refractivity contribution in [3.8, 4) is 5.75 Å². The number of ether oxygens (including phenoxy) is 1. The zero-order chi connectivity index (χ0) is 26.6. The van der Waals surface area contributed by atoms with Gasteiger partial charge in [0.1, 0.15) is 16.5 Å². The summed E-state index contributed by atoms with van der Waals surface area (Å²) in [6, 6.07) is 18.0. The second-order valence-corrected chi connectivity index (χ2v) is 12.0. The van der Waals surface area contributed by atoms with Gasteiger partial charge in [0.15, 0.2) is 0 Å². The van der Waals surface area contributed by atoms with Crippen LogP contribution in [0.2, 0.25) is 5.02 Å². The number of sulfonamides is 1. The van der Waals surface area contributed by atoms with E-state index in [-0.39, 0.29) is 36.5 Å². The first-order valence-electron chi connectivity index (χ1n) is 11.8. The van der Waals surface area contributed by atoms with Gasteiger partial charge in [-0.15, -0.1) is 0 Å². The zero-order valence-corrected chi connectivity index (χ0v) is 23.4. The number of likely N-dealkylation sites (tertiary alicyclic amines) is 1. The van der Waals surface area contributed by atoms with Crippen LogP contribution >= 0.6 is 27.5 Å². The summed E-state index contributed by atoms with van der Waals surface area (Å²) in [5.74, 6) is -0.415. The van der Waals surface area contributed by atoms with Crippen molar-refractivity contribution in [1.82, 2.24) is 9.21 Å². The van der Waals surface area contributed by atoms with Gasteiger partial charge in [-0.3, -0.25) is 4.79 Å². The highest BCUT2D eigenvalue weighted by atomic mass is 79.9. The van der Waals surface area contributed by atoms with Crippen LogP contribution in [0.15, 0.2) is 76.1 Å². The van der Waals surface area contributed by atoms with E-state index in [1.165, 1.54) is 6.07 Å². The molecule has 37 heavy (non-hydrogen) atoms. The van der Waals surface area contributed by atoms with Crippen LogP contribution in [-0.4, -0.2) is 43.7 Å². The third-order valence-corrected chi connectivity index (χ3v) is 9.02. The molecule has 0 saturated carbocycles. The van der Waals surface area contributed by atoms with E-state index in [0.717, 1.165) is 44.9 Å². The van der Waals surface area contributed by atoms with Crippen LogP contribution in [-0.2, 0) is 21.4 Å². The predicted molar refractivity (Wildman–Crippen MR) is 144 cm³/mol. The van der Waals surface area contributed by atoms with Gasteiger partial charge in [0.2, 0.25) is 15.9 Å². The average molecular weight is 610 g/mol. The molecule has 0 radical (unpaired) electrons. The topological polar surface area (TPSA) is 66.9 Å². The summed E-state index contributed by atoms with van der Waals surface area (Å²) in [4.78, 5) is 14.7. The van der Waals surface area contributed by atoms with E-state index < -0.39 is 20.7 Å². The van der Waals surface area contributed by atoms with Crippen LogP contribution in [0.1, 0.15) is 36.4 Å². The van der Waals surface area contributed by atoms with Gasteiger partial charge in [-0.25, -0.2) is 12.8 Å². The molecule has 0 spiro atoms. The standard InChI is InChI=1S/C27H27BrClFN2O4S/c1-36-25-16-20(28)9-11-22(25)24-8-5-14-32(24)27(33)13-15-31(18-19-6-3-2-4-7-19)37(34,35)26-12-10-21(29)17-23(26)30/h2-4,6-7,9-12,16-17,24H,5,8,13-15,18H2,1H3. The van der Waals surface area contributed by atoms with Crippen LogP contribution in [0.3, 0.4) is 0 Å². The average Bonchev–Trinajstić information content (AvgIpc) is 3.36. The Morgan fingerprint density at radius 3 is 2.62 bits per heavy atom. The first kappa shape index (κ1) is 27.6. The Morgan fingerprint density at radius 1 is 1.16 bits per heavy atom. The van der Waals surface area contributed by atoms with E-state index in [1.54, 1.807) is 36.3 Å². The molecule has 1 atom stereocenters. The minimum absolute atomic E-state index is 0.00246. The number of amides is 1. The lowest BCUT2D eigenvalue weighted by Gasteiger charge is -2.28. The minimum atomic E-state index is -4.24. The molecule has 1 aliphatic heterocycles. The lowest BCUT2D eigenvalue weighted by Crippen LogP contribution is -2.37. The van der Waals surface area contributed by atoms with Gasteiger partial charge in [0.05, 0.1) is 13.2 Å². The quantitative estimate of drug-likeness (QED) is 0.290. The summed E-state index contributed by atoms with van der Waals surface area (Å²) >= 11 is 9.28. The van der Waals surface area contributed by atoms with Gasteiger partial charge >= 0.3 is 0 Å². The number of carbonyl (C=O) groups excluding carboxylic acids is 1. The first-order chi connectivity index (χ1) is 17.7. The molecule has 3 aromatic rings. The Bertz CT molecular complexity index is 1370. The largest absolute Gasteiger partial charge is 0.496 e. The van der Waals surface area contributed by atoms with E-state index in [4.69, 9.17) is 16.3 Å². The fourth-order valence-corrected chi connectivity index (χ4v) is 6.58. The van der Waals surface area contributed by atoms with Crippen molar-refractivity contribution in [2.75, 3.05) is 20.2 Å². The van der Waals surface area contributed by atoms with Gasteiger partial charge in [0, 0.05) is 41.1 Å². The van der Waals surface area contributed by atoms with E-state index >= 15 is 0 Å². The van der Waals surface area contributed by atoms with Crippen molar-refractivity contribution in [2.24, 2.45) is 0 Å². The number of halogens is 3. The van der Waals surface area contributed by atoms with Crippen LogP contribution in [0, 0.1) is 5.82 Å². The van der Waals surface area contributed by atoms with Crippen LogP contribution in [0.25, 0.3) is 0 Å². The van der Waals surface area contributed by atoms with Crippen LogP contribution < -0.4 is 4.74 Å². The molecule has 1 saturated heterocycles. The van der Waals surface area contributed by atoms with Crippen molar-refractivity contribution in [2.45, 2.75) is 36.7 Å². The van der Waals surface area contributed by atoms with Gasteiger partial charge in [-0.2, -0.15) is 4.31 Å². The summed E-state index contributed by atoms with van der Waals surface area (Å²) < 4.78 is 49.2. The Hall–Kier alpha value is -2.46. The van der Waals surface area contributed by atoms with Crippen molar-refractivity contribution in [1.29, 1.82) is 0 Å². The maximum atomic E-state index is 14.6. The first-order valence-corrected chi connectivity index (χ1v) is 14.4. The smallest absolute Gasteiger partial charge is 0.246 e. The molecule has 4 rings (SSSR count). The van der Waals surface area contributed by atoms with Gasteiger partial charge < -0.3 is 9.64 Å². The van der Waals surface area contributed by atoms with Crippen LogP contribution in [0.5, 0.6) is 5.75 Å². The van der Waals surface area contributed by atoms with E-state index in [2.05, 4.69) is 15.9 Å². The summed E-state index contributed by atoms with van der Waals surface area (Å²) in [6.45, 7) is 0.473. The maximum absolute atomic E-state index is 14.6. The van der Waals surface area contributed by atoms with Crippen molar-refractivity contribution in [3.05, 3.63) is 93.2 Å². The number of rotatable bonds is 9. The molecule has 1 fully saturated rings. The van der Waals surface area contributed by atoms with E-state index in [1.807, 2.05) is 24.3 Å². The summed E-state index contributed by atoms with van der Waals surface area (Å²) in [6.07, 6.45) is 1.57. The second kappa shape index (κ2) is 11.9. The number of hydrogen-bond acceptors (Lipinski definition) is 4. The molecule has 1 amide bonds. The predicted octanol–water partition coefficient (Wildman–Crippen LogP) is 6.19. The van der Waals surface area contributed by atoms with Gasteiger partial charge in [-0.1, -0.05) is 63.9 Å². The van der Waals surface area contributed by atoms with E-state index in [9.17, 15) is 17.6 Å². The SMILES string of the molecule is COc1cc(Br)ccc1C1CCCN1C(=O)CCN(Cc1ccccc1)S(=O)(=O)c1ccc(Cl)cc1F. The van der Waals surface area contributed by atoms with Crippen LogP contribution in [0.4, 0.5) is 4.39 Å². The number of carbonyl (C=O) groups is 1. The highest BCUT2D eigenvalue weighted by molar-refractivity contribution is 9.10. The molecule has 0 N–H and O–H groups in total. The normalized spacial score (nSPS) is 15.8. The van der Waals surface area contributed by atoms with Crippen molar-refractivity contribution < 1.29 is 22.3 Å². The maximum Gasteiger partial charge on any atom is 0.246 e. The number of methoxy groups -OCH3 is 1. The number of benzene rings is 3. The van der Waals surface area contributed by atoms with Gasteiger partial charge in [-0.05, 0) is 48.7 Å². The zero-order valence-electron chi connectivity index (χ0n) is 20.2. The Morgan fingerprint density at radius 2 is 1.92 bits per heavy atom.